The van der Waals surface area contributed by atoms with Gasteiger partial charge in [0, 0.05) is 25.7 Å². The third-order valence-electron chi connectivity index (χ3n) is 4.23. The lowest BCUT2D eigenvalue weighted by atomic mass is 9.87. The van der Waals surface area contributed by atoms with Crippen LogP contribution in [-0.4, -0.2) is 51.6 Å². The number of halogens is 1. The van der Waals surface area contributed by atoms with Crippen LogP contribution >= 0.6 is 15.9 Å². The van der Waals surface area contributed by atoms with Crippen LogP contribution in [0.25, 0.3) is 0 Å². The molecule has 2 rings (SSSR count). The van der Waals surface area contributed by atoms with Crippen molar-refractivity contribution in [2.24, 2.45) is 7.05 Å². The van der Waals surface area contributed by atoms with Gasteiger partial charge in [-0.3, -0.25) is 9.58 Å². The molecule has 19 heavy (non-hydrogen) atoms. The second-order valence-electron chi connectivity index (χ2n) is 5.21. The van der Waals surface area contributed by atoms with Crippen molar-refractivity contribution in [3.63, 3.8) is 0 Å². The number of aliphatic hydroxyl groups is 1. The molecule has 5 nitrogen and oxygen atoms in total. The number of ether oxygens (including phenoxy) is 1. The molecule has 1 aromatic heterocycles. The largest absolute Gasteiger partial charge is 0.385 e. The van der Waals surface area contributed by atoms with E-state index in [1.54, 1.807) is 10.9 Å². The Kier molecular flexibility index (Phi) is 4.66. The topological polar surface area (TPSA) is 50.5 Å². The molecule has 0 amide bonds. The first-order valence-electron chi connectivity index (χ1n) is 6.69. The molecule has 2 atom stereocenters. The highest BCUT2D eigenvalue weighted by Crippen LogP contribution is 2.37. The highest BCUT2D eigenvalue weighted by molar-refractivity contribution is 9.10. The van der Waals surface area contributed by atoms with E-state index >= 15 is 0 Å². The monoisotopic (exact) mass is 331 g/mol. The molecule has 1 saturated heterocycles. The Hall–Kier alpha value is -0.430. The summed E-state index contributed by atoms with van der Waals surface area (Å²) in [5.74, 6) is 0. The Balaban J connectivity index is 2.29. The number of morpholine rings is 1. The van der Waals surface area contributed by atoms with Crippen molar-refractivity contribution in [1.82, 2.24) is 14.7 Å². The third-order valence-corrected chi connectivity index (χ3v) is 4.85. The number of rotatable bonds is 4. The first kappa shape index (κ1) is 15.0. The summed E-state index contributed by atoms with van der Waals surface area (Å²) in [6.07, 6.45) is 2.01. The molecule has 2 heterocycles. The Morgan fingerprint density at radius 2 is 2.16 bits per heavy atom. The molecule has 1 N–H and O–H groups in total. The number of hydrogen-bond acceptors (Lipinski definition) is 4. The van der Waals surface area contributed by atoms with Gasteiger partial charge >= 0.3 is 0 Å². The molecule has 1 fully saturated rings. The maximum Gasteiger partial charge on any atom is 0.115 e. The van der Waals surface area contributed by atoms with Crippen LogP contribution in [0.2, 0.25) is 0 Å². The van der Waals surface area contributed by atoms with Crippen LogP contribution in [0.3, 0.4) is 0 Å². The predicted molar refractivity (Wildman–Crippen MR) is 77.0 cm³/mol. The lowest BCUT2D eigenvalue weighted by Crippen LogP contribution is -2.55. The second kappa shape index (κ2) is 5.91. The van der Waals surface area contributed by atoms with Crippen LogP contribution < -0.4 is 0 Å². The van der Waals surface area contributed by atoms with E-state index in [1.807, 2.05) is 7.05 Å². The molecule has 1 aromatic rings. The summed E-state index contributed by atoms with van der Waals surface area (Å²) >= 11 is 3.48. The van der Waals surface area contributed by atoms with Crippen LogP contribution in [0.5, 0.6) is 0 Å². The molecule has 1 aliphatic rings. The molecule has 0 radical (unpaired) electrons. The molecular formula is C13H22BrN3O2. The van der Waals surface area contributed by atoms with E-state index in [1.165, 1.54) is 0 Å². The average molecular weight is 332 g/mol. The van der Waals surface area contributed by atoms with Gasteiger partial charge in [0.25, 0.3) is 0 Å². The summed E-state index contributed by atoms with van der Waals surface area (Å²) in [5.41, 5.74) is 0.524. The smallest absolute Gasteiger partial charge is 0.115 e. The van der Waals surface area contributed by atoms with Crippen molar-refractivity contribution in [3.8, 4) is 0 Å². The average Bonchev–Trinajstić information content (AvgIpc) is 2.77. The van der Waals surface area contributed by atoms with Gasteiger partial charge in [-0.15, -0.1) is 0 Å². The van der Waals surface area contributed by atoms with Crippen molar-refractivity contribution in [3.05, 3.63) is 16.4 Å². The van der Waals surface area contributed by atoms with Gasteiger partial charge in [0.15, 0.2) is 0 Å². The lowest BCUT2D eigenvalue weighted by Gasteiger charge is -2.45. The summed E-state index contributed by atoms with van der Waals surface area (Å²) in [5, 5.41) is 15.1. The minimum atomic E-state index is -0.586. The molecule has 0 saturated carbocycles. The number of aliphatic hydroxyl groups excluding tert-OH is 1. The number of aryl methyl sites for hydroxylation is 1. The maximum absolute atomic E-state index is 10.9. The van der Waals surface area contributed by atoms with Crippen molar-refractivity contribution in [2.75, 3.05) is 26.3 Å². The molecule has 0 spiro atoms. The zero-order valence-electron chi connectivity index (χ0n) is 11.8. The number of aromatic nitrogens is 2. The normalized spacial score (nSPS) is 22.2. The van der Waals surface area contributed by atoms with Crippen LogP contribution in [0.15, 0.2) is 10.7 Å². The standard InChI is InChI=1S/C13H22BrN3O2/c1-4-13(2,17-5-7-19-8-6-17)12(18)11-10(14)9-15-16(11)3/h9,12,18H,4-8H2,1-3H3. The van der Waals surface area contributed by atoms with E-state index in [-0.39, 0.29) is 5.54 Å². The molecule has 108 valence electrons. The van der Waals surface area contributed by atoms with Gasteiger partial charge < -0.3 is 9.84 Å². The van der Waals surface area contributed by atoms with Crippen molar-refractivity contribution >= 4 is 15.9 Å². The van der Waals surface area contributed by atoms with E-state index in [0.29, 0.717) is 0 Å². The summed E-state index contributed by atoms with van der Waals surface area (Å²) in [4.78, 5) is 2.32. The minimum absolute atomic E-state index is 0.305. The van der Waals surface area contributed by atoms with Gasteiger partial charge in [-0.2, -0.15) is 5.10 Å². The van der Waals surface area contributed by atoms with E-state index in [0.717, 1.165) is 42.9 Å². The molecule has 0 aromatic carbocycles. The van der Waals surface area contributed by atoms with Gasteiger partial charge in [-0.25, -0.2) is 0 Å². The molecule has 6 heteroatoms. The van der Waals surface area contributed by atoms with Crippen molar-refractivity contribution in [2.45, 2.75) is 31.9 Å². The summed E-state index contributed by atoms with van der Waals surface area (Å²) < 4.78 is 8.00. The molecule has 0 bridgehead atoms. The molecular weight excluding hydrogens is 310 g/mol. The first-order chi connectivity index (χ1) is 9.00. The van der Waals surface area contributed by atoms with Crippen molar-refractivity contribution < 1.29 is 9.84 Å². The van der Waals surface area contributed by atoms with E-state index < -0.39 is 6.10 Å². The van der Waals surface area contributed by atoms with Gasteiger partial charge in [-0.05, 0) is 29.3 Å². The fourth-order valence-corrected chi connectivity index (χ4v) is 3.25. The van der Waals surface area contributed by atoms with Crippen LogP contribution in [0, 0.1) is 0 Å². The van der Waals surface area contributed by atoms with E-state index in [9.17, 15) is 5.11 Å². The third kappa shape index (κ3) is 2.72. The van der Waals surface area contributed by atoms with Gasteiger partial charge in [0.05, 0.1) is 29.6 Å². The Bertz CT molecular complexity index is 412. The molecule has 1 aliphatic heterocycles. The number of nitrogens with zero attached hydrogens (tertiary/aromatic N) is 3. The minimum Gasteiger partial charge on any atom is -0.385 e. The highest BCUT2D eigenvalue weighted by Gasteiger charge is 2.41. The Labute approximate surface area is 122 Å². The second-order valence-corrected chi connectivity index (χ2v) is 6.07. The summed E-state index contributed by atoms with van der Waals surface area (Å²) in [6.45, 7) is 7.41. The fraction of sp³-hybridized carbons (Fsp3) is 0.769. The summed E-state index contributed by atoms with van der Waals surface area (Å²) in [7, 11) is 1.86. The van der Waals surface area contributed by atoms with Crippen LogP contribution in [0.1, 0.15) is 32.1 Å². The quantitative estimate of drug-likeness (QED) is 0.912. The molecule has 0 aliphatic carbocycles. The summed E-state index contributed by atoms with van der Waals surface area (Å²) in [6, 6.07) is 0. The number of hydrogen-bond donors (Lipinski definition) is 1. The van der Waals surface area contributed by atoms with Crippen LogP contribution in [0.4, 0.5) is 0 Å². The highest BCUT2D eigenvalue weighted by atomic mass is 79.9. The SMILES string of the molecule is CCC(C)(C(O)c1c(Br)cnn1C)N1CCOCC1. The van der Waals surface area contributed by atoms with Crippen LogP contribution in [-0.2, 0) is 11.8 Å². The fourth-order valence-electron chi connectivity index (χ4n) is 2.69. The Morgan fingerprint density at radius 3 is 2.63 bits per heavy atom. The van der Waals surface area contributed by atoms with Gasteiger partial charge in [0.2, 0.25) is 0 Å². The van der Waals surface area contributed by atoms with Crippen molar-refractivity contribution in [1.29, 1.82) is 0 Å². The van der Waals surface area contributed by atoms with Gasteiger partial charge in [-0.1, -0.05) is 6.92 Å². The van der Waals surface area contributed by atoms with E-state index in [2.05, 4.69) is 39.8 Å². The zero-order valence-corrected chi connectivity index (χ0v) is 13.4. The van der Waals surface area contributed by atoms with Gasteiger partial charge in [0.1, 0.15) is 6.10 Å². The lowest BCUT2D eigenvalue weighted by molar-refractivity contribution is -0.0758. The predicted octanol–water partition coefficient (Wildman–Crippen LogP) is 1.72. The maximum atomic E-state index is 10.9. The van der Waals surface area contributed by atoms with E-state index in [4.69, 9.17) is 4.74 Å². The molecule has 2 unspecified atom stereocenters. The first-order valence-corrected chi connectivity index (χ1v) is 7.48. The Morgan fingerprint density at radius 1 is 1.53 bits per heavy atom. The zero-order chi connectivity index (χ0) is 14.0.